The monoisotopic (exact) mass is 268 g/mol. The molecular formula is C16H16N2O2. The minimum atomic E-state index is -0.300. The summed E-state index contributed by atoms with van der Waals surface area (Å²) in [7, 11) is 0. The van der Waals surface area contributed by atoms with Crippen LogP contribution in [0.2, 0.25) is 0 Å². The Balaban J connectivity index is 2.22. The zero-order valence-corrected chi connectivity index (χ0v) is 11.8. The van der Waals surface area contributed by atoms with Crippen molar-refractivity contribution in [2.45, 2.75) is 26.9 Å². The third-order valence-corrected chi connectivity index (χ3v) is 3.86. The van der Waals surface area contributed by atoms with Gasteiger partial charge in [0.15, 0.2) is 0 Å². The van der Waals surface area contributed by atoms with Crippen molar-refractivity contribution in [2.24, 2.45) is 0 Å². The number of fused-ring (bicyclic) bond motifs is 1. The lowest BCUT2D eigenvalue weighted by Gasteiger charge is -2.25. The summed E-state index contributed by atoms with van der Waals surface area (Å²) in [6, 6.07) is 10.8. The highest BCUT2D eigenvalue weighted by molar-refractivity contribution is 6.08. The Morgan fingerprint density at radius 1 is 0.950 bits per heavy atom. The molecular weight excluding hydrogens is 252 g/mol. The number of aryl methyl sites for hydroxylation is 2. The van der Waals surface area contributed by atoms with Gasteiger partial charge in [-0.2, -0.15) is 0 Å². The number of nitrogens with zero attached hydrogens (tertiary/aromatic N) is 2. The number of amides is 1. The number of anilines is 1. The van der Waals surface area contributed by atoms with Crippen LogP contribution in [0.4, 0.5) is 5.69 Å². The van der Waals surface area contributed by atoms with E-state index in [1.807, 2.05) is 39.0 Å². The number of carbonyl (C=O) groups excluding carboxylic acids is 1. The SMILES string of the molecule is Cc1cccc(C)c1N1C(=O)c2cccc(=O)n2C1C. The molecule has 0 radical (unpaired) electrons. The molecule has 2 heterocycles. The van der Waals surface area contributed by atoms with Crippen molar-refractivity contribution in [1.82, 2.24) is 4.57 Å². The maximum absolute atomic E-state index is 12.6. The van der Waals surface area contributed by atoms with Gasteiger partial charge in [-0.3, -0.25) is 19.1 Å². The normalized spacial score (nSPS) is 17.4. The van der Waals surface area contributed by atoms with E-state index in [0.717, 1.165) is 16.8 Å². The van der Waals surface area contributed by atoms with Gasteiger partial charge in [0.2, 0.25) is 0 Å². The third kappa shape index (κ3) is 1.61. The van der Waals surface area contributed by atoms with Crippen molar-refractivity contribution in [3.8, 4) is 0 Å². The molecule has 0 N–H and O–H groups in total. The molecule has 0 spiro atoms. The zero-order valence-electron chi connectivity index (χ0n) is 11.8. The largest absolute Gasteiger partial charge is 0.285 e. The van der Waals surface area contributed by atoms with Crippen molar-refractivity contribution in [3.63, 3.8) is 0 Å². The molecule has 1 aliphatic heterocycles. The minimum absolute atomic E-state index is 0.118. The lowest BCUT2D eigenvalue weighted by molar-refractivity contribution is 0.0992. The highest BCUT2D eigenvalue weighted by Gasteiger charge is 2.36. The number of para-hydroxylation sites is 1. The predicted molar refractivity (Wildman–Crippen MR) is 78.1 cm³/mol. The van der Waals surface area contributed by atoms with Crippen LogP contribution >= 0.6 is 0 Å². The number of rotatable bonds is 1. The number of carbonyl (C=O) groups is 1. The van der Waals surface area contributed by atoms with E-state index >= 15 is 0 Å². The Morgan fingerprint density at radius 2 is 1.55 bits per heavy atom. The molecule has 1 aliphatic rings. The molecule has 0 saturated carbocycles. The fraction of sp³-hybridized carbons (Fsp3) is 0.250. The Morgan fingerprint density at radius 3 is 2.15 bits per heavy atom. The number of hydrogen-bond acceptors (Lipinski definition) is 2. The van der Waals surface area contributed by atoms with Gasteiger partial charge in [0.1, 0.15) is 11.9 Å². The van der Waals surface area contributed by atoms with Crippen LogP contribution in [0.25, 0.3) is 0 Å². The Labute approximate surface area is 117 Å². The highest BCUT2D eigenvalue weighted by atomic mass is 16.2. The Hall–Kier alpha value is -2.36. The lowest BCUT2D eigenvalue weighted by Crippen LogP contribution is -2.30. The fourth-order valence-electron chi connectivity index (χ4n) is 2.94. The number of pyridine rings is 1. The van der Waals surface area contributed by atoms with Gasteiger partial charge in [-0.25, -0.2) is 0 Å². The van der Waals surface area contributed by atoms with Gasteiger partial charge >= 0.3 is 0 Å². The van der Waals surface area contributed by atoms with Gasteiger partial charge < -0.3 is 0 Å². The summed E-state index contributed by atoms with van der Waals surface area (Å²) >= 11 is 0. The molecule has 1 amide bonds. The average Bonchev–Trinajstić information content (AvgIpc) is 2.65. The summed E-state index contributed by atoms with van der Waals surface area (Å²) < 4.78 is 1.55. The molecule has 102 valence electrons. The molecule has 20 heavy (non-hydrogen) atoms. The number of benzene rings is 1. The van der Waals surface area contributed by atoms with E-state index in [0.29, 0.717) is 5.69 Å². The van der Waals surface area contributed by atoms with E-state index in [9.17, 15) is 9.59 Å². The van der Waals surface area contributed by atoms with Crippen LogP contribution in [0.5, 0.6) is 0 Å². The van der Waals surface area contributed by atoms with Gasteiger partial charge in [0.05, 0.1) is 5.69 Å². The molecule has 1 aromatic carbocycles. The van der Waals surface area contributed by atoms with E-state index in [2.05, 4.69) is 0 Å². The van der Waals surface area contributed by atoms with Crippen LogP contribution in [0.15, 0.2) is 41.2 Å². The van der Waals surface area contributed by atoms with Crippen molar-refractivity contribution in [3.05, 3.63) is 63.6 Å². The number of hydrogen-bond donors (Lipinski definition) is 0. The minimum Gasteiger partial charge on any atom is -0.285 e. The summed E-state index contributed by atoms with van der Waals surface area (Å²) in [6.45, 7) is 5.84. The zero-order chi connectivity index (χ0) is 14.4. The second-order valence-corrected chi connectivity index (χ2v) is 5.17. The molecule has 0 fully saturated rings. The fourth-order valence-corrected chi connectivity index (χ4v) is 2.94. The first-order valence-electron chi connectivity index (χ1n) is 6.63. The quantitative estimate of drug-likeness (QED) is 0.798. The first-order chi connectivity index (χ1) is 9.52. The van der Waals surface area contributed by atoms with Crippen molar-refractivity contribution >= 4 is 11.6 Å². The van der Waals surface area contributed by atoms with Gasteiger partial charge in [-0.15, -0.1) is 0 Å². The second kappa shape index (κ2) is 4.34. The van der Waals surface area contributed by atoms with Crippen molar-refractivity contribution in [1.29, 1.82) is 0 Å². The summed E-state index contributed by atoms with van der Waals surface area (Å²) in [5.41, 5.74) is 3.27. The van der Waals surface area contributed by atoms with Crippen molar-refractivity contribution in [2.75, 3.05) is 4.90 Å². The first-order valence-corrected chi connectivity index (χ1v) is 6.63. The molecule has 1 unspecified atom stereocenters. The molecule has 1 atom stereocenters. The van der Waals surface area contributed by atoms with E-state index in [1.54, 1.807) is 21.6 Å². The second-order valence-electron chi connectivity index (χ2n) is 5.17. The molecule has 3 rings (SSSR count). The maximum atomic E-state index is 12.6. The summed E-state index contributed by atoms with van der Waals surface area (Å²) in [5.74, 6) is -0.118. The summed E-state index contributed by atoms with van der Waals surface area (Å²) in [6.07, 6.45) is -0.300. The van der Waals surface area contributed by atoms with Gasteiger partial charge in [-0.05, 0) is 38.0 Å². The van der Waals surface area contributed by atoms with E-state index in [-0.39, 0.29) is 17.6 Å². The van der Waals surface area contributed by atoms with E-state index in [1.165, 1.54) is 6.07 Å². The lowest BCUT2D eigenvalue weighted by atomic mass is 10.1. The summed E-state index contributed by atoms with van der Waals surface area (Å²) in [5, 5.41) is 0. The molecule has 1 aromatic heterocycles. The molecule has 4 nitrogen and oxygen atoms in total. The summed E-state index contributed by atoms with van der Waals surface area (Å²) in [4.78, 5) is 26.3. The van der Waals surface area contributed by atoms with Crippen LogP contribution < -0.4 is 10.5 Å². The molecule has 0 aliphatic carbocycles. The smallest absolute Gasteiger partial charge is 0.276 e. The topological polar surface area (TPSA) is 42.3 Å². The Kier molecular flexibility index (Phi) is 2.74. The van der Waals surface area contributed by atoms with Crippen molar-refractivity contribution < 1.29 is 4.79 Å². The van der Waals surface area contributed by atoms with Crippen LogP contribution in [0, 0.1) is 13.8 Å². The molecule has 0 bridgehead atoms. The predicted octanol–water partition coefficient (Wildman–Crippen LogP) is 2.64. The van der Waals surface area contributed by atoms with Gasteiger partial charge in [0.25, 0.3) is 11.5 Å². The third-order valence-electron chi connectivity index (χ3n) is 3.86. The Bertz CT molecular complexity index is 741. The van der Waals surface area contributed by atoms with E-state index < -0.39 is 0 Å². The van der Waals surface area contributed by atoms with Crippen LogP contribution in [-0.4, -0.2) is 10.5 Å². The average molecular weight is 268 g/mol. The molecule has 2 aromatic rings. The first kappa shape index (κ1) is 12.7. The van der Waals surface area contributed by atoms with E-state index in [4.69, 9.17) is 0 Å². The molecule has 0 saturated heterocycles. The number of aromatic nitrogens is 1. The highest BCUT2D eigenvalue weighted by Crippen LogP contribution is 2.34. The molecule has 4 heteroatoms. The van der Waals surface area contributed by atoms with Crippen LogP contribution in [-0.2, 0) is 0 Å². The van der Waals surface area contributed by atoms with Gasteiger partial charge in [-0.1, -0.05) is 24.3 Å². The van der Waals surface area contributed by atoms with Crippen LogP contribution in [0.3, 0.4) is 0 Å². The maximum Gasteiger partial charge on any atom is 0.276 e. The van der Waals surface area contributed by atoms with Crippen LogP contribution in [0.1, 0.15) is 34.7 Å². The standard InChI is InChI=1S/C16H16N2O2/c1-10-6-4-7-11(2)15(10)18-12(3)17-13(16(18)20)8-5-9-14(17)19/h4-9,12H,1-3H3. The van der Waals surface area contributed by atoms with Gasteiger partial charge in [0, 0.05) is 6.07 Å².